The second kappa shape index (κ2) is 4.40. The third kappa shape index (κ3) is 1.63. The van der Waals surface area contributed by atoms with Crippen molar-refractivity contribution in [1.29, 1.82) is 0 Å². The molecular formula is C16H14ClNOS. The molecule has 2 saturated heterocycles. The fraction of sp³-hybridized carbons (Fsp3) is 0.312. The summed E-state index contributed by atoms with van der Waals surface area (Å²) in [5, 5.41) is 1.10. The number of halogens is 1. The Morgan fingerprint density at radius 2 is 1.95 bits per heavy atom. The molecule has 3 atom stereocenters. The minimum atomic E-state index is -0.212. The van der Waals surface area contributed by atoms with Crippen molar-refractivity contribution in [1.82, 2.24) is 4.90 Å². The molecule has 2 fully saturated rings. The van der Waals surface area contributed by atoms with E-state index in [4.69, 9.17) is 11.6 Å². The molecule has 0 aromatic heterocycles. The van der Waals surface area contributed by atoms with E-state index in [2.05, 4.69) is 35.3 Å². The zero-order valence-corrected chi connectivity index (χ0v) is 12.4. The molecule has 0 spiro atoms. The molecule has 1 aromatic carbocycles. The maximum atomic E-state index is 12.4. The van der Waals surface area contributed by atoms with Crippen molar-refractivity contribution < 1.29 is 4.79 Å². The lowest BCUT2D eigenvalue weighted by Gasteiger charge is -2.33. The van der Waals surface area contributed by atoms with Crippen molar-refractivity contribution in [3.8, 4) is 0 Å². The highest BCUT2D eigenvalue weighted by atomic mass is 35.5. The van der Waals surface area contributed by atoms with Crippen LogP contribution in [0.15, 0.2) is 48.6 Å². The molecule has 1 aromatic rings. The van der Waals surface area contributed by atoms with E-state index in [1.807, 2.05) is 30.0 Å². The number of carbonyl (C=O) groups excluding carboxylic acids is 1. The van der Waals surface area contributed by atoms with Gasteiger partial charge < -0.3 is 4.90 Å². The van der Waals surface area contributed by atoms with Crippen LogP contribution >= 0.6 is 23.4 Å². The van der Waals surface area contributed by atoms with Crippen LogP contribution in [0.1, 0.15) is 18.4 Å². The first-order valence-corrected chi connectivity index (χ1v) is 8.07. The lowest BCUT2D eigenvalue weighted by molar-refractivity contribution is -0.130. The van der Waals surface area contributed by atoms with Crippen molar-refractivity contribution in [2.45, 2.75) is 29.0 Å². The molecule has 2 aliphatic heterocycles. The van der Waals surface area contributed by atoms with Crippen LogP contribution in [-0.4, -0.2) is 22.1 Å². The van der Waals surface area contributed by atoms with E-state index in [1.54, 1.807) is 0 Å². The van der Waals surface area contributed by atoms with Crippen LogP contribution in [0, 0.1) is 0 Å². The zero-order chi connectivity index (χ0) is 13.7. The van der Waals surface area contributed by atoms with Gasteiger partial charge in [0, 0.05) is 16.7 Å². The normalized spacial score (nSPS) is 34.5. The average Bonchev–Trinajstić information content (AvgIpc) is 2.96. The molecular weight excluding hydrogens is 290 g/mol. The smallest absolute Gasteiger partial charge is 0.224 e. The Bertz CT molecular complexity index is 624. The number of carbonyl (C=O) groups is 1. The van der Waals surface area contributed by atoms with Crippen LogP contribution < -0.4 is 0 Å². The summed E-state index contributed by atoms with van der Waals surface area (Å²) in [6.45, 7) is 0. The van der Waals surface area contributed by atoms with Crippen LogP contribution in [0.2, 0.25) is 5.02 Å². The van der Waals surface area contributed by atoms with E-state index in [0.717, 1.165) is 11.4 Å². The summed E-state index contributed by atoms with van der Waals surface area (Å²) in [5.41, 5.74) is 1.19. The first-order chi connectivity index (χ1) is 9.71. The van der Waals surface area contributed by atoms with Crippen molar-refractivity contribution in [2.24, 2.45) is 0 Å². The highest BCUT2D eigenvalue weighted by Crippen LogP contribution is 2.58. The Hall–Kier alpha value is -1.19. The standard InChI is InChI=1S/C16H14ClNOS/c17-12-7-5-11(6-8-12)16-10-9-15(19)18(16)13-3-1-2-4-14(13)20-16/h1-8,13-14H,9-10H2. The number of nitrogens with zero attached hydrogens (tertiary/aromatic N) is 1. The van der Waals surface area contributed by atoms with Crippen LogP contribution in [0.25, 0.3) is 0 Å². The number of hydrogen-bond donors (Lipinski definition) is 0. The fourth-order valence-corrected chi connectivity index (χ4v) is 5.37. The average molecular weight is 304 g/mol. The number of rotatable bonds is 1. The van der Waals surface area contributed by atoms with Gasteiger partial charge in [0.25, 0.3) is 0 Å². The van der Waals surface area contributed by atoms with Crippen molar-refractivity contribution >= 4 is 29.3 Å². The summed E-state index contributed by atoms with van der Waals surface area (Å²) in [6, 6.07) is 8.15. The van der Waals surface area contributed by atoms with Gasteiger partial charge in [0.1, 0.15) is 4.87 Å². The molecule has 20 heavy (non-hydrogen) atoms. The largest absolute Gasteiger partial charge is 0.316 e. The molecule has 0 saturated carbocycles. The topological polar surface area (TPSA) is 20.3 Å². The third-order valence-electron chi connectivity index (χ3n) is 4.32. The van der Waals surface area contributed by atoms with Gasteiger partial charge in [-0.3, -0.25) is 4.79 Å². The molecule has 0 radical (unpaired) electrons. The molecule has 1 aliphatic carbocycles. The highest BCUT2D eigenvalue weighted by Gasteiger charge is 2.57. The molecule has 2 heterocycles. The lowest BCUT2D eigenvalue weighted by Crippen LogP contribution is -2.42. The van der Waals surface area contributed by atoms with Crippen LogP contribution in [0.4, 0.5) is 0 Å². The number of benzene rings is 1. The van der Waals surface area contributed by atoms with Crippen LogP contribution in [-0.2, 0) is 9.67 Å². The Balaban J connectivity index is 1.83. The highest BCUT2D eigenvalue weighted by molar-refractivity contribution is 8.01. The van der Waals surface area contributed by atoms with E-state index in [1.165, 1.54) is 5.56 Å². The number of hydrogen-bond acceptors (Lipinski definition) is 2. The quantitative estimate of drug-likeness (QED) is 0.788. The molecule has 2 nitrogen and oxygen atoms in total. The van der Waals surface area contributed by atoms with Crippen molar-refractivity contribution in [2.75, 3.05) is 0 Å². The lowest BCUT2D eigenvalue weighted by atomic mass is 10.0. The summed E-state index contributed by atoms with van der Waals surface area (Å²) < 4.78 is 0. The first-order valence-electron chi connectivity index (χ1n) is 6.82. The van der Waals surface area contributed by atoms with Gasteiger partial charge in [0.2, 0.25) is 5.91 Å². The number of fused-ring (bicyclic) bond motifs is 3. The Labute approximate surface area is 127 Å². The van der Waals surface area contributed by atoms with E-state index in [-0.39, 0.29) is 16.8 Å². The molecule has 1 amide bonds. The molecule has 4 rings (SSSR count). The van der Waals surface area contributed by atoms with E-state index in [9.17, 15) is 4.79 Å². The van der Waals surface area contributed by atoms with Gasteiger partial charge in [-0.2, -0.15) is 0 Å². The van der Waals surface area contributed by atoms with Crippen molar-refractivity contribution in [3.05, 3.63) is 59.2 Å². The van der Waals surface area contributed by atoms with Crippen molar-refractivity contribution in [3.63, 3.8) is 0 Å². The predicted molar refractivity (Wildman–Crippen MR) is 82.7 cm³/mol. The Morgan fingerprint density at radius 3 is 2.75 bits per heavy atom. The SMILES string of the molecule is O=C1CCC2(c3ccc(Cl)cc3)SC3C=CC=CC3N12. The first kappa shape index (κ1) is 12.5. The molecule has 4 heteroatoms. The minimum Gasteiger partial charge on any atom is -0.316 e. The monoisotopic (exact) mass is 303 g/mol. The van der Waals surface area contributed by atoms with Crippen LogP contribution in [0.3, 0.4) is 0 Å². The predicted octanol–water partition coefficient (Wildman–Crippen LogP) is 3.73. The number of amides is 1. The summed E-state index contributed by atoms with van der Waals surface area (Å²) in [4.78, 5) is 14.3. The minimum absolute atomic E-state index is 0.190. The van der Waals surface area contributed by atoms with E-state index < -0.39 is 0 Å². The third-order valence-corrected chi connectivity index (χ3v) is 6.30. The summed E-state index contributed by atoms with van der Waals surface area (Å²) in [7, 11) is 0. The van der Waals surface area contributed by atoms with Crippen LogP contribution in [0.5, 0.6) is 0 Å². The van der Waals surface area contributed by atoms with Gasteiger partial charge in [-0.25, -0.2) is 0 Å². The second-order valence-electron chi connectivity index (χ2n) is 5.40. The summed E-state index contributed by atoms with van der Waals surface area (Å²) >= 11 is 7.90. The van der Waals surface area contributed by atoms with Gasteiger partial charge in [0.05, 0.1) is 6.04 Å². The maximum absolute atomic E-state index is 12.4. The van der Waals surface area contributed by atoms with Gasteiger partial charge in [-0.1, -0.05) is 48.0 Å². The van der Waals surface area contributed by atoms with E-state index >= 15 is 0 Å². The fourth-order valence-electron chi connectivity index (χ4n) is 3.45. The molecule has 3 aliphatic rings. The molecule has 102 valence electrons. The van der Waals surface area contributed by atoms with Gasteiger partial charge in [-0.15, -0.1) is 11.8 Å². The Kier molecular flexibility index (Phi) is 2.76. The zero-order valence-electron chi connectivity index (χ0n) is 10.8. The van der Waals surface area contributed by atoms with E-state index in [0.29, 0.717) is 11.7 Å². The maximum Gasteiger partial charge on any atom is 0.224 e. The summed E-state index contributed by atoms with van der Waals surface area (Å²) in [6.07, 6.45) is 10.0. The Morgan fingerprint density at radius 1 is 1.20 bits per heavy atom. The van der Waals surface area contributed by atoms with Gasteiger partial charge in [0.15, 0.2) is 0 Å². The second-order valence-corrected chi connectivity index (χ2v) is 7.29. The molecule has 3 unspecified atom stereocenters. The number of thioether (sulfide) groups is 1. The van der Waals surface area contributed by atoms with Gasteiger partial charge >= 0.3 is 0 Å². The number of allylic oxidation sites excluding steroid dienone is 2. The molecule has 0 N–H and O–H groups in total. The molecule has 0 bridgehead atoms. The van der Waals surface area contributed by atoms with Gasteiger partial charge in [-0.05, 0) is 24.1 Å². The summed E-state index contributed by atoms with van der Waals surface area (Å²) in [5.74, 6) is 0.264.